The minimum Gasteiger partial charge on any atom is -0.449 e. The zero-order valence-electron chi connectivity index (χ0n) is 57.9. The van der Waals surface area contributed by atoms with Gasteiger partial charge in [0, 0.05) is 91.9 Å². The van der Waals surface area contributed by atoms with E-state index < -0.39 is 5.79 Å². The zero-order chi connectivity index (χ0) is 70.6. The molecule has 0 N–H and O–H groups in total. The first kappa shape index (κ1) is 70.5. The molecule has 3 aliphatic heterocycles. The van der Waals surface area contributed by atoms with E-state index in [0.717, 1.165) is 102 Å². The summed E-state index contributed by atoms with van der Waals surface area (Å²) in [6, 6.07) is 91.0. The van der Waals surface area contributed by atoms with Gasteiger partial charge in [-0.2, -0.15) is 0 Å². The van der Waals surface area contributed by atoms with Gasteiger partial charge in [0.2, 0.25) is 5.79 Å². The Hall–Kier alpha value is -7.52. The topological polar surface area (TPSA) is 37.4 Å². The van der Waals surface area contributed by atoms with Gasteiger partial charge in [-0.25, -0.2) is 0 Å². The standard InChI is InChI=1S/C32H31Br2N.C29H23Br2NO.C28H23Br2NO2/c1-21-18-22(23-6-16-28-29(19-23)32(4,5)20-31(28,2)3)7-17-30(21)35(26-12-8-24(33)9-13-26)27-14-10-25(34)11-15-27;1-18-16-19(20-2-12-25-26(17-20)29-15-14-28(25)33-29)3-13-27(18)32(23-8-4-21(30)5-9-23)24-10-6-22(31)7-11-24;1-18-16-19(20-5-15-26-27(17-20)33-28(2,3)32-26)4-14-25(18)31(23-10-6-21(29)7-11-23)24-12-8-22(30)9-13-24/h6-19H,20H2,1-5H3;2-13,16-17,28-29H,14-15H2,1H3;4-17H,1-3H3. The molecule has 4 aliphatic rings. The van der Waals surface area contributed by atoms with Gasteiger partial charge in [-0.05, 0) is 323 Å². The van der Waals surface area contributed by atoms with Gasteiger partial charge in [0.15, 0.2) is 11.5 Å². The lowest BCUT2D eigenvalue weighted by Crippen LogP contribution is -2.29. The normalized spacial score (nSPS) is 15.9. The number of hydrogen-bond donors (Lipinski definition) is 0. The summed E-state index contributed by atoms with van der Waals surface area (Å²) < 4.78 is 24.3. The fourth-order valence-electron chi connectivity index (χ4n) is 15.1. The molecule has 0 saturated carbocycles. The van der Waals surface area contributed by atoms with E-state index in [-0.39, 0.29) is 16.9 Å². The summed E-state index contributed by atoms with van der Waals surface area (Å²) in [5.74, 6) is 0.940. The highest BCUT2D eigenvalue weighted by Gasteiger charge is 2.42. The van der Waals surface area contributed by atoms with Crippen LogP contribution in [0.25, 0.3) is 33.4 Å². The smallest absolute Gasteiger partial charge is 0.246 e. The predicted molar refractivity (Wildman–Crippen MR) is 442 cm³/mol. The van der Waals surface area contributed by atoms with E-state index in [1.54, 1.807) is 0 Å². The highest BCUT2D eigenvalue weighted by Crippen LogP contribution is 2.53. The Bertz CT molecular complexity index is 4900. The highest BCUT2D eigenvalue weighted by molar-refractivity contribution is 9.11. The second kappa shape index (κ2) is 29.0. The number of rotatable bonds is 12. The lowest BCUT2D eigenvalue weighted by molar-refractivity contribution is -0.0431. The van der Waals surface area contributed by atoms with Crippen molar-refractivity contribution in [3.8, 4) is 44.9 Å². The van der Waals surface area contributed by atoms with E-state index in [4.69, 9.17) is 14.2 Å². The van der Waals surface area contributed by atoms with Crippen LogP contribution in [0.2, 0.25) is 0 Å². The Labute approximate surface area is 645 Å². The Balaban J connectivity index is 0.000000129. The summed E-state index contributed by atoms with van der Waals surface area (Å²) in [5.41, 5.74) is 27.4. The van der Waals surface area contributed by atoms with Crippen LogP contribution in [-0.2, 0) is 15.6 Å². The number of halogens is 6. The van der Waals surface area contributed by atoms with Crippen molar-refractivity contribution < 1.29 is 14.2 Å². The molecule has 0 amide bonds. The molecule has 2 atom stereocenters. The molecular formula is C89H77Br6N3O3. The second-order valence-corrected chi connectivity index (χ2v) is 33.9. The van der Waals surface area contributed by atoms with Crippen LogP contribution in [0, 0.1) is 20.8 Å². The van der Waals surface area contributed by atoms with Crippen molar-refractivity contribution in [1.82, 2.24) is 0 Å². The molecule has 16 rings (SSSR count). The number of anilines is 9. The number of nitrogens with zero attached hydrogens (tertiary/aromatic N) is 3. The summed E-state index contributed by atoms with van der Waals surface area (Å²) in [4.78, 5) is 6.92. The second-order valence-electron chi connectivity index (χ2n) is 28.4. The van der Waals surface area contributed by atoms with Gasteiger partial charge in [0.1, 0.15) is 0 Å². The van der Waals surface area contributed by atoms with Crippen molar-refractivity contribution in [2.45, 2.75) is 110 Å². The van der Waals surface area contributed by atoms with Gasteiger partial charge in [-0.3, -0.25) is 0 Å². The maximum Gasteiger partial charge on any atom is 0.246 e. The summed E-state index contributed by atoms with van der Waals surface area (Å²) in [6.07, 6.45) is 4.09. The minimum atomic E-state index is -0.628. The van der Waals surface area contributed by atoms with Crippen molar-refractivity contribution in [2.24, 2.45) is 0 Å². The van der Waals surface area contributed by atoms with Crippen molar-refractivity contribution in [3.63, 3.8) is 0 Å². The first-order valence-electron chi connectivity index (χ1n) is 34.1. The molecule has 1 aliphatic carbocycles. The van der Waals surface area contributed by atoms with Crippen LogP contribution in [0.5, 0.6) is 11.5 Å². The van der Waals surface area contributed by atoms with Crippen LogP contribution in [-0.4, -0.2) is 5.79 Å². The maximum absolute atomic E-state index is 6.11. The van der Waals surface area contributed by atoms with Gasteiger partial charge in [0.25, 0.3) is 0 Å². The maximum atomic E-state index is 6.11. The minimum absolute atomic E-state index is 0.198. The molecule has 508 valence electrons. The first-order chi connectivity index (χ1) is 48.4. The molecule has 6 nitrogen and oxygen atoms in total. The van der Waals surface area contributed by atoms with Crippen LogP contribution >= 0.6 is 95.6 Å². The molecule has 0 spiro atoms. The van der Waals surface area contributed by atoms with Crippen molar-refractivity contribution in [1.29, 1.82) is 0 Å². The molecule has 0 aromatic heterocycles. The number of ether oxygens (including phenoxy) is 3. The third-order valence-corrected chi connectivity index (χ3v) is 22.8. The Morgan fingerprint density at radius 1 is 0.297 bits per heavy atom. The Morgan fingerprint density at radius 2 is 0.594 bits per heavy atom. The molecular weight excluding hydrogens is 1640 g/mol. The molecule has 12 aromatic carbocycles. The molecule has 3 heterocycles. The molecule has 12 heteroatoms. The quantitative estimate of drug-likeness (QED) is 0.121. The van der Waals surface area contributed by atoms with Gasteiger partial charge in [-0.15, -0.1) is 0 Å². The first-order valence-corrected chi connectivity index (χ1v) is 38.9. The SMILES string of the molecule is Cc1cc(-c2ccc3c(c2)C(C)(C)CC3(C)C)ccc1N(c1ccc(Br)cc1)c1ccc(Br)cc1.Cc1cc(-c2ccc3c(c2)C2CCC3O2)ccc1N(c1ccc(Br)cc1)c1ccc(Br)cc1.Cc1cc(-c2ccc3c(c2)OC(C)(C)O3)ccc1N(c1ccc(Br)cc1)c1ccc(Br)cc1. The number of aryl methyl sites for hydroxylation is 3. The highest BCUT2D eigenvalue weighted by atomic mass is 79.9. The molecule has 0 radical (unpaired) electrons. The average Bonchev–Trinajstić information content (AvgIpc) is 1.55. The largest absolute Gasteiger partial charge is 0.449 e. The van der Waals surface area contributed by atoms with Crippen LogP contribution in [0.1, 0.15) is 112 Å². The van der Waals surface area contributed by atoms with Crippen LogP contribution in [0.15, 0.2) is 282 Å². The van der Waals surface area contributed by atoms with E-state index in [1.807, 2.05) is 19.9 Å². The number of hydrogen-bond acceptors (Lipinski definition) is 6. The van der Waals surface area contributed by atoms with E-state index in [9.17, 15) is 0 Å². The van der Waals surface area contributed by atoms with Gasteiger partial charge in [-0.1, -0.05) is 178 Å². The van der Waals surface area contributed by atoms with Gasteiger partial charge in [0.05, 0.1) is 12.2 Å². The van der Waals surface area contributed by atoms with Gasteiger partial charge < -0.3 is 28.9 Å². The molecule has 2 bridgehead atoms. The van der Waals surface area contributed by atoms with Gasteiger partial charge >= 0.3 is 0 Å². The van der Waals surface area contributed by atoms with Crippen LogP contribution in [0.3, 0.4) is 0 Å². The van der Waals surface area contributed by atoms with Crippen molar-refractivity contribution in [2.75, 3.05) is 14.7 Å². The van der Waals surface area contributed by atoms with E-state index in [0.29, 0.717) is 6.10 Å². The molecule has 1 saturated heterocycles. The summed E-state index contributed by atoms with van der Waals surface area (Å²) in [5, 5.41) is 0. The van der Waals surface area contributed by atoms with E-state index in [2.05, 4.69) is 407 Å². The third kappa shape index (κ3) is 15.2. The van der Waals surface area contributed by atoms with Crippen molar-refractivity contribution in [3.05, 3.63) is 321 Å². The third-order valence-electron chi connectivity index (χ3n) is 19.6. The average molecular weight is 1720 g/mol. The molecule has 1 fully saturated rings. The zero-order valence-corrected chi connectivity index (χ0v) is 67.4. The van der Waals surface area contributed by atoms with Crippen LogP contribution in [0.4, 0.5) is 51.2 Å². The predicted octanol–water partition coefficient (Wildman–Crippen LogP) is 29.3. The van der Waals surface area contributed by atoms with Crippen molar-refractivity contribution >= 4 is 147 Å². The fourth-order valence-corrected chi connectivity index (χ4v) is 16.7. The van der Waals surface area contributed by atoms with E-state index in [1.165, 1.54) is 79.0 Å². The summed E-state index contributed by atoms with van der Waals surface area (Å²) in [7, 11) is 0. The molecule has 101 heavy (non-hydrogen) atoms. The lowest BCUT2D eigenvalue weighted by Gasteiger charge is -2.27. The van der Waals surface area contributed by atoms with Crippen LogP contribution < -0.4 is 24.2 Å². The lowest BCUT2D eigenvalue weighted by atomic mass is 9.82. The Kier molecular flexibility index (Phi) is 20.2. The fraction of sp³-hybridized carbons (Fsp3) is 0.191. The molecule has 12 aromatic rings. The number of benzene rings is 12. The summed E-state index contributed by atoms with van der Waals surface area (Å²) in [6.45, 7) is 19.9. The summed E-state index contributed by atoms with van der Waals surface area (Å²) >= 11 is 21.4. The molecule has 2 unspecified atom stereocenters. The van der Waals surface area contributed by atoms with E-state index >= 15 is 0 Å². The monoisotopic (exact) mass is 1710 g/mol. The Morgan fingerprint density at radius 3 is 0.970 bits per heavy atom. The number of fused-ring (bicyclic) bond motifs is 7.